The molecule has 4 aromatic rings. The normalized spacial score (nSPS) is 11.4. The molecule has 0 radical (unpaired) electrons. The van der Waals surface area contributed by atoms with Crippen LogP contribution in [0.1, 0.15) is 0 Å². The molecule has 11 heteroatoms. The van der Waals surface area contributed by atoms with Gasteiger partial charge in [-0.3, -0.25) is 0 Å². The molecule has 0 amide bonds. The van der Waals surface area contributed by atoms with Crippen LogP contribution >= 0.6 is 0 Å². The van der Waals surface area contributed by atoms with Gasteiger partial charge in [0.05, 0.1) is 27.9 Å². The first-order valence-corrected chi connectivity index (χ1v) is 11.5. The smallest absolute Gasteiger partial charge is 0.150 e. The number of azo groups is 2. The minimum atomic E-state index is -0.0973. The SMILES string of the molecule is COc1cc(OCCO)ccc1N=Nc1cc(OC)c(N=Nc2ccc3cc(N)ccc3c2O)cc1OC. The number of nitrogens with two attached hydrogens (primary N) is 1. The van der Waals surface area contributed by atoms with Crippen molar-refractivity contribution in [1.29, 1.82) is 0 Å². The number of phenols is 1. The Balaban J connectivity index is 1.64. The second-order valence-corrected chi connectivity index (χ2v) is 7.92. The van der Waals surface area contributed by atoms with Gasteiger partial charge >= 0.3 is 0 Å². The monoisotopic (exact) mass is 517 g/mol. The Bertz CT molecular complexity index is 1510. The topological polar surface area (TPSA) is 153 Å². The van der Waals surface area contributed by atoms with E-state index in [9.17, 15) is 5.11 Å². The maximum Gasteiger partial charge on any atom is 0.150 e. The zero-order chi connectivity index (χ0) is 27.1. The van der Waals surface area contributed by atoms with E-state index in [4.69, 9.17) is 29.8 Å². The lowest BCUT2D eigenvalue weighted by atomic mass is 10.1. The lowest BCUT2D eigenvalue weighted by Crippen LogP contribution is -2.01. The van der Waals surface area contributed by atoms with Crippen LogP contribution in [-0.4, -0.2) is 44.8 Å². The zero-order valence-corrected chi connectivity index (χ0v) is 21.1. The molecule has 0 bridgehead atoms. The number of hydrogen-bond donors (Lipinski definition) is 3. The number of methoxy groups -OCH3 is 3. The molecule has 0 aliphatic carbocycles. The summed E-state index contributed by atoms with van der Waals surface area (Å²) in [5.74, 6) is 1.72. The van der Waals surface area contributed by atoms with Gasteiger partial charge in [-0.05, 0) is 41.8 Å². The molecule has 0 unspecified atom stereocenters. The minimum absolute atomic E-state index is 0.00988. The second-order valence-electron chi connectivity index (χ2n) is 7.92. The number of hydrogen-bond acceptors (Lipinski definition) is 11. The number of fused-ring (bicyclic) bond motifs is 1. The molecule has 0 spiro atoms. The molecular weight excluding hydrogens is 490 g/mol. The summed E-state index contributed by atoms with van der Waals surface area (Å²) < 4.78 is 21.8. The van der Waals surface area contributed by atoms with E-state index in [0.29, 0.717) is 51.1 Å². The highest BCUT2D eigenvalue weighted by Gasteiger charge is 2.13. The van der Waals surface area contributed by atoms with Crippen LogP contribution in [0.25, 0.3) is 10.8 Å². The predicted octanol–water partition coefficient (Wildman–Crippen LogP) is 6.36. The number of ether oxygens (including phenoxy) is 4. The van der Waals surface area contributed by atoms with Gasteiger partial charge in [-0.25, -0.2) is 0 Å². The Kier molecular flexibility index (Phi) is 8.19. The van der Waals surface area contributed by atoms with Crippen LogP contribution < -0.4 is 24.7 Å². The summed E-state index contributed by atoms with van der Waals surface area (Å²) in [6.07, 6.45) is 0. The van der Waals surface area contributed by atoms with Gasteiger partial charge in [-0.1, -0.05) is 6.07 Å². The third-order valence-electron chi connectivity index (χ3n) is 5.52. The molecule has 0 heterocycles. The summed E-state index contributed by atoms with van der Waals surface area (Å²) in [5.41, 5.74) is 7.92. The van der Waals surface area contributed by atoms with E-state index in [1.54, 1.807) is 60.7 Å². The van der Waals surface area contributed by atoms with Crippen LogP contribution in [0.5, 0.6) is 28.7 Å². The fourth-order valence-electron chi connectivity index (χ4n) is 3.63. The molecule has 0 saturated carbocycles. The number of aliphatic hydroxyl groups excluding tert-OH is 1. The highest BCUT2D eigenvalue weighted by Crippen LogP contribution is 2.43. The third kappa shape index (κ3) is 5.73. The van der Waals surface area contributed by atoms with Gasteiger partial charge in [0, 0.05) is 29.3 Å². The first-order chi connectivity index (χ1) is 18.5. The van der Waals surface area contributed by atoms with Crippen LogP contribution in [0.15, 0.2) is 81.1 Å². The largest absolute Gasteiger partial charge is 0.505 e. The summed E-state index contributed by atoms with van der Waals surface area (Å²) in [4.78, 5) is 0. The van der Waals surface area contributed by atoms with E-state index < -0.39 is 0 Å². The van der Waals surface area contributed by atoms with Crippen molar-refractivity contribution in [1.82, 2.24) is 0 Å². The van der Waals surface area contributed by atoms with Crippen LogP contribution in [0.3, 0.4) is 0 Å². The number of anilines is 1. The zero-order valence-electron chi connectivity index (χ0n) is 21.1. The highest BCUT2D eigenvalue weighted by atomic mass is 16.5. The van der Waals surface area contributed by atoms with Crippen molar-refractivity contribution in [3.05, 3.63) is 60.7 Å². The lowest BCUT2D eigenvalue weighted by molar-refractivity contribution is 0.201. The van der Waals surface area contributed by atoms with Crippen molar-refractivity contribution < 1.29 is 29.2 Å². The Hall–Kier alpha value is -4.90. The molecule has 0 fully saturated rings. The first-order valence-electron chi connectivity index (χ1n) is 11.5. The summed E-state index contributed by atoms with van der Waals surface area (Å²) in [5, 5.41) is 38.1. The standard InChI is InChI=1S/C27H27N5O6/c1-35-24-13-18(38-11-10-33)6-9-20(24)29-31-22-14-26(37-3)23(15-25(22)36-2)32-30-21-8-4-16-12-17(28)5-7-19(16)27(21)34/h4-9,12-15,33-34H,10-11,28H2,1-3H3. The van der Waals surface area contributed by atoms with Crippen molar-refractivity contribution in [2.45, 2.75) is 0 Å². The Morgan fingerprint density at radius 3 is 1.89 bits per heavy atom. The Morgan fingerprint density at radius 1 is 0.684 bits per heavy atom. The number of aliphatic hydroxyl groups is 1. The fraction of sp³-hybridized carbons (Fsp3) is 0.185. The van der Waals surface area contributed by atoms with Gasteiger partial charge in [0.2, 0.25) is 0 Å². The van der Waals surface area contributed by atoms with E-state index in [2.05, 4.69) is 20.5 Å². The Morgan fingerprint density at radius 2 is 1.26 bits per heavy atom. The number of aromatic hydroxyl groups is 1. The molecular formula is C27H27N5O6. The predicted molar refractivity (Wildman–Crippen MR) is 143 cm³/mol. The molecule has 196 valence electrons. The van der Waals surface area contributed by atoms with Crippen molar-refractivity contribution >= 4 is 39.2 Å². The van der Waals surface area contributed by atoms with Gasteiger partial charge in [0.15, 0.2) is 5.75 Å². The summed E-state index contributed by atoms with van der Waals surface area (Å²) in [6.45, 7) is 0.0697. The van der Waals surface area contributed by atoms with E-state index in [1.807, 2.05) is 0 Å². The maximum atomic E-state index is 10.7. The van der Waals surface area contributed by atoms with Gasteiger partial charge in [-0.15, -0.1) is 20.5 Å². The molecule has 4 N–H and O–H groups in total. The van der Waals surface area contributed by atoms with Crippen molar-refractivity contribution in [2.24, 2.45) is 20.5 Å². The van der Waals surface area contributed by atoms with E-state index >= 15 is 0 Å². The van der Waals surface area contributed by atoms with E-state index in [1.165, 1.54) is 21.3 Å². The average molecular weight is 518 g/mol. The summed E-state index contributed by atoms with van der Waals surface area (Å²) in [7, 11) is 4.50. The minimum Gasteiger partial charge on any atom is -0.505 e. The van der Waals surface area contributed by atoms with Gasteiger partial charge in [-0.2, -0.15) is 0 Å². The lowest BCUT2D eigenvalue weighted by Gasteiger charge is -2.10. The van der Waals surface area contributed by atoms with Gasteiger partial charge in [0.25, 0.3) is 0 Å². The summed E-state index contributed by atoms with van der Waals surface area (Å²) in [6, 6.07) is 16.9. The number of phenolic OH excluding ortho intramolecular Hbond substituents is 1. The molecule has 0 saturated heterocycles. The molecule has 4 aromatic carbocycles. The molecule has 38 heavy (non-hydrogen) atoms. The van der Waals surface area contributed by atoms with Crippen LogP contribution in [-0.2, 0) is 0 Å². The molecule has 11 nitrogen and oxygen atoms in total. The maximum absolute atomic E-state index is 10.7. The molecule has 0 atom stereocenters. The number of rotatable bonds is 10. The Labute approximate surface area is 218 Å². The van der Waals surface area contributed by atoms with Crippen molar-refractivity contribution in [3.63, 3.8) is 0 Å². The second kappa shape index (κ2) is 11.9. The first kappa shape index (κ1) is 26.2. The van der Waals surface area contributed by atoms with Crippen molar-refractivity contribution in [3.8, 4) is 28.7 Å². The number of benzene rings is 4. The average Bonchev–Trinajstić information content (AvgIpc) is 2.94. The van der Waals surface area contributed by atoms with E-state index in [0.717, 1.165) is 5.39 Å². The summed E-state index contributed by atoms with van der Waals surface area (Å²) >= 11 is 0. The van der Waals surface area contributed by atoms with Crippen molar-refractivity contribution in [2.75, 3.05) is 40.3 Å². The van der Waals surface area contributed by atoms with E-state index in [-0.39, 0.29) is 24.7 Å². The van der Waals surface area contributed by atoms with Crippen LogP contribution in [0.2, 0.25) is 0 Å². The molecule has 0 aliphatic rings. The van der Waals surface area contributed by atoms with Gasteiger partial charge in [0.1, 0.15) is 52.4 Å². The number of nitrogens with zero attached hydrogens (tertiary/aromatic N) is 4. The molecule has 0 aliphatic heterocycles. The molecule has 0 aromatic heterocycles. The van der Waals surface area contributed by atoms with Crippen LogP contribution in [0.4, 0.5) is 28.4 Å². The third-order valence-corrected chi connectivity index (χ3v) is 5.52. The van der Waals surface area contributed by atoms with Crippen LogP contribution in [0, 0.1) is 0 Å². The fourth-order valence-corrected chi connectivity index (χ4v) is 3.63. The molecule has 4 rings (SSSR count). The quantitative estimate of drug-likeness (QED) is 0.163. The highest BCUT2D eigenvalue weighted by molar-refractivity contribution is 5.94. The number of nitrogen functional groups attached to an aromatic ring is 1. The van der Waals surface area contributed by atoms with Gasteiger partial charge < -0.3 is 34.9 Å².